The van der Waals surface area contributed by atoms with Gasteiger partial charge >= 0.3 is 6.18 Å². The number of thioether (sulfide) groups is 1. The topological polar surface area (TPSA) is 66.5 Å². The van der Waals surface area contributed by atoms with Crippen LogP contribution in [0.4, 0.5) is 18.9 Å². The third-order valence-corrected chi connectivity index (χ3v) is 6.73. The fourth-order valence-corrected chi connectivity index (χ4v) is 4.77. The Morgan fingerprint density at radius 2 is 1.87 bits per heavy atom. The first kappa shape index (κ1) is 25.6. The fourth-order valence-electron chi connectivity index (χ4n) is 2.51. The van der Waals surface area contributed by atoms with E-state index in [1.54, 1.807) is 18.2 Å². The van der Waals surface area contributed by atoms with Crippen LogP contribution in [-0.4, -0.2) is 39.4 Å². The number of hydrogen-bond acceptors (Lipinski definition) is 4. The van der Waals surface area contributed by atoms with Crippen LogP contribution in [0.15, 0.2) is 42.5 Å². The molecule has 0 radical (unpaired) electrons. The highest BCUT2D eigenvalue weighted by Gasteiger charge is 2.31. The van der Waals surface area contributed by atoms with Crippen molar-refractivity contribution in [2.24, 2.45) is 0 Å². The molecule has 0 aliphatic heterocycles. The molecule has 0 unspecified atom stereocenters. The minimum absolute atomic E-state index is 0.237. The maximum Gasteiger partial charge on any atom is 0.416 e. The average molecular weight is 515 g/mol. The maximum absolute atomic E-state index is 12.9. The van der Waals surface area contributed by atoms with Crippen molar-refractivity contribution in [3.8, 4) is 0 Å². The number of carbonyl (C=O) groups excluding carboxylic acids is 1. The van der Waals surface area contributed by atoms with Crippen LogP contribution in [0.3, 0.4) is 0 Å². The van der Waals surface area contributed by atoms with Crippen molar-refractivity contribution in [3.63, 3.8) is 0 Å². The monoisotopic (exact) mass is 514 g/mol. The summed E-state index contributed by atoms with van der Waals surface area (Å²) in [5.74, 6) is 0.478. The van der Waals surface area contributed by atoms with Crippen molar-refractivity contribution in [1.82, 2.24) is 5.32 Å². The Labute approximate surface area is 193 Å². The fraction of sp³-hybridized carbons (Fsp3) is 0.316. The third-order valence-electron chi connectivity index (χ3n) is 3.99. The van der Waals surface area contributed by atoms with Gasteiger partial charge in [-0.05, 0) is 35.9 Å². The Morgan fingerprint density at radius 1 is 1.16 bits per heavy atom. The number of sulfonamides is 1. The minimum Gasteiger partial charge on any atom is -0.354 e. The zero-order chi connectivity index (χ0) is 23.2. The van der Waals surface area contributed by atoms with Crippen LogP contribution in [0.2, 0.25) is 10.0 Å². The molecule has 0 heterocycles. The van der Waals surface area contributed by atoms with Crippen LogP contribution in [0, 0.1) is 0 Å². The van der Waals surface area contributed by atoms with E-state index in [0.717, 1.165) is 24.0 Å². The molecule has 31 heavy (non-hydrogen) atoms. The van der Waals surface area contributed by atoms with Gasteiger partial charge < -0.3 is 5.32 Å². The quantitative estimate of drug-likeness (QED) is 0.486. The zero-order valence-corrected chi connectivity index (χ0v) is 19.4. The van der Waals surface area contributed by atoms with Crippen LogP contribution >= 0.6 is 35.0 Å². The number of halogens is 5. The second-order valence-corrected chi connectivity index (χ2v) is 10.3. The van der Waals surface area contributed by atoms with Crippen molar-refractivity contribution in [2.75, 3.05) is 29.4 Å². The van der Waals surface area contributed by atoms with Crippen LogP contribution < -0.4 is 9.62 Å². The maximum atomic E-state index is 12.9. The SMILES string of the molecule is CS(=O)(=O)N(CC(=O)NCCSCc1ccc(Cl)cc1Cl)c1cccc(C(F)(F)F)c1. The molecule has 0 atom stereocenters. The summed E-state index contributed by atoms with van der Waals surface area (Å²) in [7, 11) is -3.98. The number of anilines is 1. The number of nitrogens with zero attached hydrogens (tertiary/aromatic N) is 1. The molecule has 0 aromatic heterocycles. The normalized spacial score (nSPS) is 11.9. The van der Waals surface area contributed by atoms with Crippen molar-refractivity contribution >= 4 is 56.6 Å². The van der Waals surface area contributed by atoms with Gasteiger partial charge in [-0.2, -0.15) is 24.9 Å². The number of alkyl halides is 3. The number of carbonyl (C=O) groups is 1. The summed E-state index contributed by atoms with van der Waals surface area (Å²) in [6.07, 6.45) is -3.81. The van der Waals surface area contributed by atoms with Crippen LogP contribution in [0.25, 0.3) is 0 Å². The third kappa shape index (κ3) is 8.10. The van der Waals surface area contributed by atoms with E-state index in [1.165, 1.54) is 17.8 Å². The highest BCUT2D eigenvalue weighted by molar-refractivity contribution is 7.98. The Kier molecular flexibility index (Phi) is 8.93. The first-order valence-electron chi connectivity index (χ1n) is 8.81. The zero-order valence-electron chi connectivity index (χ0n) is 16.2. The van der Waals surface area contributed by atoms with Gasteiger partial charge in [-0.15, -0.1) is 0 Å². The number of nitrogens with one attached hydrogen (secondary N) is 1. The summed E-state index contributed by atoms with van der Waals surface area (Å²) in [4.78, 5) is 12.2. The summed E-state index contributed by atoms with van der Waals surface area (Å²) in [6, 6.07) is 8.97. The Balaban J connectivity index is 1.92. The van der Waals surface area contributed by atoms with Gasteiger partial charge in [-0.3, -0.25) is 9.10 Å². The predicted octanol–water partition coefficient (Wildman–Crippen LogP) is 4.83. The second-order valence-electron chi connectivity index (χ2n) is 6.46. The van der Waals surface area contributed by atoms with E-state index in [-0.39, 0.29) is 12.2 Å². The number of benzene rings is 2. The van der Waals surface area contributed by atoms with Gasteiger partial charge in [0.1, 0.15) is 6.54 Å². The Morgan fingerprint density at radius 3 is 2.48 bits per heavy atom. The standard InChI is InChI=1S/C19H19Cl2F3N2O3S2/c1-31(28,29)26(16-4-2-3-14(9-16)19(22,23)24)11-18(27)25-7-8-30-12-13-5-6-15(20)10-17(13)21/h2-6,9-10H,7-8,11-12H2,1H3,(H,25,27). The van der Waals surface area contributed by atoms with Gasteiger partial charge in [-0.25, -0.2) is 8.42 Å². The molecular weight excluding hydrogens is 496 g/mol. The molecule has 1 amide bonds. The van der Waals surface area contributed by atoms with Crippen molar-refractivity contribution in [3.05, 3.63) is 63.6 Å². The van der Waals surface area contributed by atoms with Crippen LogP contribution in [0.1, 0.15) is 11.1 Å². The van der Waals surface area contributed by atoms with E-state index >= 15 is 0 Å². The second kappa shape index (κ2) is 10.8. The number of hydrogen-bond donors (Lipinski definition) is 1. The summed E-state index contributed by atoms with van der Waals surface area (Å²) in [5.41, 5.74) is -0.356. The van der Waals surface area contributed by atoms with Gasteiger partial charge in [-0.1, -0.05) is 35.3 Å². The molecule has 1 N–H and O–H groups in total. The minimum atomic E-state index is -4.63. The molecule has 2 aromatic carbocycles. The van der Waals surface area contributed by atoms with Crippen molar-refractivity contribution < 1.29 is 26.4 Å². The van der Waals surface area contributed by atoms with Crippen LogP contribution in [0.5, 0.6) is 0 Å². The lowest BCUT2D eigenvalue weighted by Gasteiger charge is -2.22. The largest absolute Gasteiger partial charge is 0.416 e. The lowest BCUT2D eigenvalue weighted by atomic mass is 10.2. The molecule has 0 aliphatic carbocycles. The molecule has 170 valence electrons. The molecule has 0 saturated carbocycles. The molecule has 2 aromatic rings. The lowest BCUT2D eigenvalue weighted by molar-refractivity contribution is -0.137. The van der Waals surface area contributed by atoms with E-state index in [1.807, 2.05) is 0 Å². The lowest BCUT2D eigenvalue weighted by Crippen LogP contribution is -2.41. The molecule has 0 aliphatic rings. The average Bonchev–Trinajstić information content (AvgIpc) is 2.66. The summed E-state index contributed by atoms with van der Waals surface area (Å²) in [6.45, 7) is -0.386. The predicted molar refractivity (Wildman–Crippen MR) is 119 cm³/mol. The molecule has 12 heteroatoms. The van der Waals surface area contributed by atoms with Gasteiger partial charge in [0.15, 0.2) is 0 Å². The van der Waals surface area contributed by atoms with Gasteiger partial charge in [0.25, 0.3) is 0 Å². The van der Waals surface area contributed by atoms with Gasteiger partial charge in [0, 0.05) is 28.1 Å². The first-order valence-corrected chi connectivity index (χ1v) is 12.6. The Hall–Kier alpha value is -1.62. The van der Waals surface area contributed by atoms with Gasteiger partial charge in [0.05, 0.1) is 17.5 Å². The highest BCUT2D eigenvalue weighted by atomic mass is 35.5. The van der Waals surface area contributed by atoms with E-state index in [4.69, 9.17) is 23.2 Å². The van der Waals surface area contributed by atoms with Crippen LogP contribution in [-0.2, 0) is 26.7 Å². The first-order chi connectivity index (χ1) is 14.4. The van der Waals surface area contributed by atoms with Crippen molar-refractivity contribution in [1.29, 1.82) is 0 Å². The summed E-state index contributed by atoms with van der Waals surface area (Å²) >= 11 is 13.4. The molecule has 0 fully saturated rings. The van der Waals surface area contributed by atoms with E-state index in [0.29, 0.717) is 31.9 Å². The van der Waals surface area contributed by atoms with E-state index < -0.39 is 34.2 Å². The number of rotatable bonds is 9. The molecule has 2 rings (SSSR count). The molecular formula is C19H19Cl2F3N2O3S2. The number of amides is 1. The van der Waals surface area contributed by atoms with Crippen molar-refractivity contribution in [2.45, 2.75) is 11.9 Å². The smallest absolute Gasteiger partial charge is 0.354 e. The molecule has 0 bridgehead atoms. The molecule has 5 nitrogen and oxygen atoms in total. The molecule has 0 spiro atoms. The van der Waals surface area contributed by atoms with Gasteiger partial charge in [0.2, 0.25) is 15.9 Å². The van der Waals surface area contributed by atoms with E-state index in [9.17, 15) is 26.4 Å². The Bertz CT molecular complexity index is 1030. The van der Waals surface area contributed by atoms with E-state index in [2.05, 4.69) is 5.32 Å². The summed E-state index contributed by atoms with van der Waals surface area (Å²) < 4.78 is 63.5. The molecule has 0 saturated heterocycles. The summed E-state index contributed by atoms with van der Waals surface area (Å²) in [5, 5.41) is 3.63. The highest BCUT2D eigenvalue weighted by Crippen LogP contribution is 2.32.